The summed E-state index contributed by atoms with van der Waals surface area (Å²) in [5, 5.41) is 14.6. The lowest BCUT2D eigenvalue weighted by Gasteiger charge is -2.12. The molecule has 0 aliphatic heterocycles. The number of benzene rings is 1. The second kappa shape index (κ2) is 7.42. The van der Waals surface area contributed by atoms with Crippen LogP contribution < -0.4 is 10.6 Å². The van der Waals surface area contributed by atoms with E-state index in [4.69, 9.17) is 5.11 Å². The summed E-state index contributed by atoms with van der Waals surface area (Å²) >= 11 is 3.36. The molecule has 0 spiro atoms. The molecule has 3 N–H and O–H groups in total. The highest BCUT2D eigenvalue weighted by atomic mass is 79.9. The third kappa shape index (κ3) is 5.30. The highest BCUT2D eigenvalue weighted by Crippen LogP contribution is 2.20. The molecule has 0 saturated carbocycles. The molecular weight excluding hydrogens is 284 g/mol. The van der Waals surface area contributed by atoms with Gasteiger partial charge in [-0.1, -0.05) is 12.1 Å². The van der Waals surface area contributed by atoms with Crippen LogP contribution in [0.25, 0.3) is 0 Å². The largest absolute Gasteiger partial charge is 0.396 e. The van der Waals surface area contributed by atoms with Gasteiger partial charge < -0.3 is 15.7 Å². The summed E-state index contributed by atoms with van der Waals surface area (Å²) in [4.78, 5) is 11.6. The number of carbonyl (C=O) groups excluding carboxylic acids is 1. The second-order valence-electron chi connectivity index (χ2n) is 3.82. The smallest absolute Gasteiger partial charge is 0.238 e. The third-order valence-electron chi connectivity index (χ3n) is 2.32. The quantitative estimate of drug-likeness (QED) is 0.750. The summed E-state index contributed by atoms with van der Waals surface area (Å²) in [6.45, 7) is 2.30. The molecular formula is C12H17BrN2O2. The summed E-state index contributed by atoms with van der Waals surface area (Å²) in [6, 6.07) is 7.59. The minimum atomic E-state index is -0.0957. The van der Waals surface area contributed by atoms with E-state index in [9.17, 15) is 4.79 Å². The Balaban J connectivity index is 2.37. The van der Waals surface area contributed by atoms with Crippen molar-refractivity contribution in [2.45, 2.75) is 19.4 Å². The Kier molecular flexibility index (Phi) is 6.18. The zero-order valence-electron chi connectivity index (χ0n) is 9.74. The van der Waals surface area contributed by atoms with Gasteiger partial charge in [0.1, 0.15) is 0 Å². The Labute approximate surface area is 110 Å². The van der Waals surface area contributed by atoms with E-state index in [0.29, 0.717) is 6.42 Å². The van der Waals surface area contributed by atoms with Crippen LogP contribution in [0.1, 0.15) is 13.3 Å². The first-order chi connectivity index (χ1) is 8.13. The van der Waals surface area contributed by atoms with E-state index < -0.39 is 0 Å². The van der Waals surface area contributed by atoms with Crippen molar-refractivity contribution in [3.63, 3.8) is 0 Å². The number of aliphatic hydroxyl groups excluding tert-OH is 1. The maximum absolute atomic E-state index is 11.6. The highest BCUT2D eigenvalue weighted by Gasteiger charge is 2.06. The van der Waals surface area contributed by atoms with Crippen molar-refractivity contribution in [1.82, 2.24) is 5.32 Å². The molecule has 1 rings (SSSR count). The Morgan fingerprint density at radius 3 is 2.82 bits per heavy atom. The minimum absolute atomic E-state index is 0.0957. The van der Waals surface area contributed by atoms with Crippen LogP contribution in [0.15, 0.2) is 28.7 Å². The lowest BCUT2D eigenvalue weighted by molar-refractivity contribution is -0.115. The molecule has 1 atom stereocenters. The van der Waals surface area contributed by atoms with Gasteiger partial charge in [-0.05, 0) is 41.4 Å². The summed E-state index contributed by atoms with van der Waals surface area (Å²) in [5.74, 6) is -0.0957. The van der Waals surface area contributed by atoms with E-state index in [2.05, 4.69) is 26.6 Å². The number of anilines is 1. The predicted molar refractivity (Wildman–Crippen MR) is 71.9 cm³/mol. The number of carbonyl (C=O) groups is 1. The van der Waals surface area contributed by atoms with Gasteiger partial charge in [0, 0.05) is 17.1 Å². The first-order valence-electron chi connectivity index (χ1n) is 5.52. The molecule has 1 aromatic rings. The monoisotopic (exact) mass is 300 g/mol. The molecule has 0 aromatic heterocycles. The Bertz CT molecular complexity index is 371. The van der Waals surface area contributed by atoms with Gasteiger partial charge in [-0.15, -0.1) is 0 Å². The molecule has 0 aliphatic carbocycles. The van der Waals surface area contributed by atoms with Crippen molar-refractivity contribution >= 4 is 27.5 Å². The zero-order chi connectivity index (χ0) is 12.7. The van der Waals surface area contributed by atoms with E-state index in [0.717, 1.165) is 10.2 Å². The molecule has 0 saturated heterocycles. The van der Waals surface area contributed by atoms with Crippen molar-refractivity contribution in [1.29, 1.82) is 0 Å². The molecule has 0 radical (unpaired) electrons. The average molecular weight is 301 g/mol. The Hall–Kier alpha value is -0.910. The molecule has 1 unspecified atom stereocenters. The topological polar surface area (TPSA) is 61.4 Å². The van der Waals surface area contributed by atoms with Crippen LogP contribution in [0.2, 0.25) is 0 Å². The van der Waals surface area contributed by atoms with Crippen LogP contribution in [-0.2, 0) is 4.79 Å². The maximum Gasteiger partial charge on any atom is 0.238 e. The molecule has 17 heavy (non-hydrogen) atoms. The first kappa shape index (κ1) is 14.2. The Morgan fingerprint density at radius 1 is 1.47 bits per heavy atom. The molecule has 94 valence electrons. The average Bonchev–Trinajstić information content (AvgIpc) is 2.30. The molecule has 0 fully saturated rings. The first-order valence-corrected chi connectivity index (χ1v) is 6.31. The lowest BCUT2D eigenvalue weighted by atomic mass is 10.2. The van der Waals surface area contributed by atoms with Gasteiger partial charge in [-0.2, -0.15) is 0 Å². The van der Waals surface area contributed by atoms with Gasteiger partial charge in [-0.25, -0.2) is 0 Å². The molecule has 4 nitrogen and oxygen atoms in total. The van der Waals surface area contributed by atoms with Crippen molar-refractivity contribution in [2.75, 3.05) is 18.5 Å². The fraction of sp³-hybridized carbons (Fsp3) is 0.417. The molecule has 1 amide bonds. The highest BCUT2D eigenvalue weighted by molar-refractivity contribution is 9.10. The second-order valence-corrected chi connectivity index (χ2v) is 4.68. The van der Waals surface area contributed by atoms with Crippen LogP contribution in [0.4, 0.5) is 5.69 Å². The number of amides is 1. The van der Waals surface area contributed by atoms with Crippen molar-refractivity contribution in [3.05, 3.63) is 28.7 Å². The van der Waals surface area contributed by atoms with Gasteiger partial charge in [-0.3, -0.25) is 4.79 Å². The van der Waals surface area contributed by atoms with Crippen LogP contribution >= 0.6 is 15.9 Å². The summed E-state index contributed by atoms with van der Waals surface area (Å²) < 4.78 is 0.858. The van der Waals surface area contributed by atoms with Crippen LogP contribution in [0.5, 0.6) is 0 Å². The summed E-state index contributed by atoms with van der Waals surface area (Å²) in [5.41, 5.74) is 0.758. The van der Waals surface area contributed by atoms with Crippen LogP contribution in [-0.4, -0.2) is 30.2 Å². The normalized spacial score (nSPS) is 12.2. The van der Waals surface area contributed by atoms with Gasteiger partial charge in [0.2, 0.25) is 5.91 Å². The molecule has 0 aliphatic rings. The summed E-state index contributed by atoms with van der Waals surface area (Å²) in [6.07, 6.45) is 0.641. The summed E-state index contributed by atoms with van der Waals surface area (Å²) in [7, 11) is 0. The number of rotatable bonds is 6. The Morgan fingerprint density at radius 2 is 2.18 bits per heavy atom. The van der Waals surface area contributed by atoms with Gasteiger partial charge in [0.15, 0.2) is 0 Å². The van der Waals surface area contributed by atoms with Gasteiger partial charge >= 0.3 is 0 Å². The molecule has 5 heteroatoms. The minimum Gasteiger partial charge on any atom is -0.396 e. The third-order valence-corrected chi connectivity index (χ3v) is 3.01. The lowest BCUT2D eigenvalue weighted by Crippen LogP contribution is -2.34. The fourth-order valence-electron chi connectivity index (χ4n) is 1.32. The van der Waals surface area contributed by atoms with Crippen molar-refractivity contribution < 1.29 is 9.90 Å². The molecule has 0 bridgehead atoms. The van der Waals surface area contributed by atoms with Crippen LogP contribution in [0, 0.1) is 0 Å². The molecule has 0 heterocycles. The number of hydrogen-bond donors (Lipinski definition) is 3. The van der Waals surface area contributed by atoms with E-state index in [-0.39, 0.29) is 25.1 Å². The fourth-order valence-corrected chi connectivity index (χ4v) is 1.70. The van der Waals surface area contributed by atoms with Crippen molar-refractivity contribution in [2.24, 2.45) is 0 Å². The number of aliphatic hydroxyl groups is 1. The van der Waals surface area contributed by atoms with E-state index in [1.807, 2.05) is 31.2 Å². The standard InChI is InChI=1S/C12H17BrN2O2/c1-9(6-7-16)14-8-12(17)15-11-5-3-2-4-10(11)13/h2-5,9,14,16H,6-8H2,1H3,(H,15,17). The van der Waals surface area contributed by atoms with E-state index in [1.54, 1.807) is 0 Å². The van der Waals surface area contributed by atoms with Crippen LogP contribution in [0.3, 0.4) is 0 Å². The number of hydrogen-bond acceptors (Lipinski definition) is 3. The zero-order valence-corrected chi connectivity index (χ0v) is 11.3. The van der Waals surface area contributed by atoms with E-state index >= 15 is 0 Å². The number of para-hydroxylation sites is 1. The van der Waals surface area contributed by atoms with E-state index in [1.165, 1.54) is 0 Å². The van der Waals surface area contributed by atoms with Gasteiger partial charge in [0.25, 0.3) is 0 Å². The molecule has 1 aromatic carbocycles. The predicted octanol–water partition coefficient (Wildman–Crippen LogP) is 1.75. The number of halogens is 1. The van der Waals surface area contributed by atoms with Crippen molar-refractivity contribution in [3.8, 4) is 0 Å². The van der Waals surface area contributed by atoms with Gasteiger partial charge in [0.05, 0.1) is 12.2 Å². The number of nitrogens with one attached hydrogen (secondary N) is 2. The maximum atomic E-state index is 11.6. The SMILES string of the molecule is CC(CCO)NCC(=O)Nc1ccccc1Br.